The van der Waals surface area contributed by atoms with Gasteiger partial charge in [0.25, 0.3) is 0 Å². The van der Waals surface area contributed by atoms with Gasteiger partial charge in [-0.05, 0) is 43.4 Å². The van der Waals surface area contributed by atoms with Crippen molar-refractivity contribution in [2.45, 2.75) is 32.2 Å². The predicted octanol–water partition coefficient (Wildman–Crippen LogP) is 2.34. The van der Waals surface area contributed by atoms with Gasteiger partial charge in [-0.25, -0.2) is 0 Å². The molecule has 1 aromatic carbocycles. The number of hydrogen-bond donors (Lipinski definition) is 3. The maximum atomic E-state index is 11.9. The van der Waals surface area contributed by atoms with Crippen LogP contribution in [0.1, 0.15) is 24.8 Å². The number of halogens is 1. The Balaban J connectivity index is 1.85. The first-order valence-electron chi connectivity index (χ1n) is 7.00. The highest BCUT2D eigenvalue weighted by atomic mass is 35.5. The van der Waals surface area contributed by atoms with Crippen LogP contribution in [0.4, 0.5) is 5.69 Å². The Morgan fingerprint density at radius 3 is 3.00 bits per heavy atom. The van der Waals surface area contributed by atoms with Gasteiger partial charge in [0.15, 0.2) is 0 Å². The zero-order valence-corrected chi connectivity index (χ0v) is 12.4. The number of aliphatic hydroxyl groups excluding tert-OH is 1. The minimum absolute atomic E-state index is 0.0843. The summed E-state index contributed by atoms with van der Waals surface area (Å²) < 4.78 is 0. The van der Waals surface area contributed by atoms with Crippen LogP contribution in [0.5, 0.6) is 0 Å². The number of aliphatic hydroxyl groups is 1. The smallest absolute Gasteiger partial charge is 0.238 e. The number of anilines is 1. The summed E-state index contributed by atoms with van der Waals surface area (Å²) in [6.45, 7) is 2.37. The molecule has 1 amide bonds. The van der Waals surface area contributed by atoms with Crippen molar-refractivity contribution in [3.05, 3.63) is 28.8 Å². The second kappa shape index (κ2) is 7.07. The molecule has 0 radical (unpaired) electrons. The number of hydrogen-bond acceptors (Lipinski definition) is 3. The molecule has 0 aromatic heterocycles. The SMILES string of the molecule is Cc1ccc(Cl)cc1NC(=O)CNC1CCCC1CO. The Labute approximate surface area is 124 Å². The van der Waals surface area contributed by atoms with Gasteiger partial charge in [0.05, 0.1) is 6.54 Å². The van der Waals surface area contributed by atoms with Crippen molar-refractivity contribution in [1.29, 1.82) is 0 Å². The van der Waals surface area contributed by atoms with Crippen LogP contribution in [0.3, 0.4) is 0 Å². The zero-order chi connectivity index (χ0) is 14.5. The fourth-order valence-electron chi connectivity index (χ4n) is 2.67. The van der Waals surface area contributed by atoms with Crippen molar-refractivity contribution < 1.29 is 9.90 Å². The van der Waals surface area contributed by atoms with Gasteiger partial charge in [0.1, 0.15) is 0 Å². The Bertz CT molecular complexity index is 479. The van der Waals surface area contributed by atoms with E-state index in [4.69, 9.17) is 11.6 Å². The maximum absolute atomic E-state index is 11.9. The topological polar surface area (TPSA) is 61.4 Å². The van der Waals surface area contributed by atoms with E-state index in [0.717, 1.165) is 30.5 Å². The molecule has 20 heavy (non-hydrogen) atoms. The van der Waals surface area contributed by atoms with E-state index in [1.54, 1.807) is 12.1 Å². The molecule has 2 rings (SSSR count). The van der Waals surface area contributed by atoms with Gasteiger partial charge in [-0.1, -0.05) is 24.1 Å². The molecule has 1 fully saturated rings. The Hall–Kier alpha value is -1.10. The number of nitrogens with one attached hydrogen (secondary N) is 2. The average Bonchev–Trinajstić information content (AvgIpc) is 2.88. The highest BCUT2D eigenvalue weighted by Crippen LogP contribution is 2.25. The summed E-state index contributed by atoms with van der Waals surface area (Å²) in [5.74, 6) is 0.190. The highest BCUT2D eigenvalue weighted by Gasteiger charge is 2.26. The molecular weight excluding hydrogens is 276 g/mol. The number of carbonyl (C=O) groups excluding carboxylic acids is 1. The van der Waals surface area contributed by atoms with E-state index in [1.165, 1.54) is 0 Å². The van der Waals surface area contributed by atoms with E-state index >= 15 is 0 Å². The molecule has 1 saturated carbocycles. The molecule has 1 aliphatic carbocycles. The largest absolute Gasteiger partial charge is 0.396 e. The van der Waals surface area contributed by atoms with Gasteiger partial charge in [-0.15, -0.1) is 0 Å². The first-order valence-corrected chi connectivity index (χ1v) is 7.38. The summed E-state index contributed by atoms with van der Waals surface area (Å²) in [6, 6.07) is 5.67. The van der Waals surface area contributed by atoms with E-state index in [2.05, 4.69) is 10.6 Å². The van der Waals surface area contributed by atoms with Crippen molar-refractivity contribution >= 4 is 23.2 Å². The van der Waals surface area contributed by atoms with E-state index < -0.39 is 0 Å². The molecule has 2 unspecified atom stereocenters. The first kappa shape index (κ1) is 15.3. The summed E-state index contributed by atoms with van der Waals surface area (Å²) in [6.07, 6.45) is 3.16. The fraction of sp³-hybridized carbons (Fsp3) is 0.533. The lowest BCUT2D eigenvalue weighted by molar-refractivity contribution is -0.115. The minimum atomic E-state index is -0.0843. The summed E-state index contributed by atoms with van der Waals surface area (Å²) in [5, 5.41) is 15.9. The quantitative estimate of drug-likeness (QED) is 0.781. The maximum Gasteiger partial charge on any atom is 0.238 e. The Kier molecular flexibility index (Phi) is 5.40. The molecular formula is C15H21ClN2O2. The Morgan fingerprint density at radius 2 is 2.25 bits per heavy atom. The lowest BCUT2D eigenvalue weighted by Crippen LogP contribution is -2.39. The van der Waals surface area contributed by atoms with Crippen LogP contribution in [0.25, 0.3) is 0 Å². The lowest BCUT2D eigenvalue weighted by atomic mass is 10.1. The second-order valence-corrected chi connectivity index (χ2v) is 5.80. The molecule has 0 saturated heterocycles. The molecule has 110 valence electrons. The molecule has 2 atom stereocenters. The molecule has 3 N–H and O–H groups in total. The van der Waals surface area contributed by atoms with Crippen molar-refractivity contribution in [3.63, 3.8) is 0 Å². The van der Waals surface area contributed by atoms with E-state index in [-0.39, 0.29) is 31.0 Å². The third kappa shape index (κ3) is 3.95. The number of rotatable bonds is 5. The van der Waals surface area contributed by atoms with Gasteiger partial charge in [0, 0.05) is 23.4 Å². The predicted molar refractivity (Wildman–Crippen MR) is 81.0 cm³/mol. The standard InChI is InChI=1S/C15H21ClN2O2/c1-10-5-6-12(16)7-14(10)18-15(20)8-17-13-4-2-3-11(13)9-19/h5-7,11,13,17,19H,2-4,8-9H2,1H3,(H,18,20). The summed E-state index contributed by atoms with van der Waals surface area (Å²) in [5.41, 5.74) is 1.73. The fourth-order valence-corrected chi connectivity index (χ4v) is 2.84. The number of amides is 1. The van der Waals surface area contributed by atoms with E-state index in [0.29, 0.717) is 5.02 Å². The zero-order valence-electron chi connectivity index (χ0n) is 11.7. The van der Waals surface area contributed by atoms with Crippen molar-refractivity contribution in [3.8, 4) is 0 Å². The van der Waals surface area contributed by atoms with Crippen LogP contribution < -0.4 is 10.6 Å². The van der Waals surface area contributed by atoms with E-state index in [1.807, 2.05) is 13.0 Å². The normalized spacial score (nSPS) is 21.9. The lowest BCUT2D eigenvalue weighted by Gasteiger charge is -2.19. The first-order chi connectivity index (χ1) is 9.60. The van der Waals surface area contributed by atoms with Crippen molar-refractivity contribution in [2.24, 2.45) is 5.92 Å². The molecule has 0 aliphatic heterocycles. The van der Waals surface area contributed by atoms with Crippen LogP contribution >= 0.6 is 11.6 Å². The third-order valence-corrected chi connectivity index (χ3v) is 4.13. The van der Waals surface area contributed by atoms with Gasteiger partial charge in [0.2, 0.25) is 5.91 Å². The van der Waals surface area contributed by atoms with Crippen LogP contribution in [0.15, 0.2) is 18.2 Å². The molecule has 4 nitrogen and oxygen atoms in total. The van der Waals surface area contributed by atoms with Gasteiger partial charge in [-0.2, -0.15) is 0 Å². The van der Waals surface area contributed by atoms with Crippen LogP contribution in [0, 0.1) is 12.8 Å². The van der Waals surface area contributed by atoms with Gasteiger partial charge < -0.3 is 15.7 Å². The highest BCUT2D eigenvalue weighted by molar-refractivity contribution is 6.31. The summed E-state index contributed by atoms with van der Waals surface area (Å²) in [7, 11) is 0. The molecule has 1 aromatic rings. The monoisotopic (exact) mass is 296 g/mol. The van der Waals surface area contributed by atoms with Crippen LogP contribution in [-0.2, 0) is 4.79 Å². The molecule has 0 heterocycles. The van der Waals surface area contributed by atoms with Crippen molar-refractivity contribution in [2.75, 3.05) is 18.5 Å². The molecule has 0 bridgehead atoms. The number of benzene rings is 1. The van der Waals surface area contributed by atoms with Crippen LogP contribution in [0.2, 0.25) is 5.02 Å². The molecule has 5 heteroatoms. The van der Waals surface area contributed by atoms with Gasteiger partial charge in [-0.3, -0.25) is 4.79 Å². The van der Waals surface area contributed by atoms with Crippen LogP contribution in [-0.4, -0.2) is 30.2 Å². The summed E-state index contributed by atoms with van der Waals surface area (Å²) in [4.78, 5) is 11.9. The van der Waals surface area contributed by atoms with E-state index in [9.17, 15) is 9.90 Å². The number of carbonyl (C=O) groups is 1. The Morgan fingerprint density at radius 1 is 1.45 bits per heavy atom. The number of aryl methyl sites for hydroxylation is 1. The van der Waals surface area contributed by atoms with Crippen molar-refractivity contribution in [1.82, 2.24) is 5.32 Å². The summed E-state index contributed by atoms with van der Waals surface area (Å²) >= 11 is 5.92. The minimum Gasteiger partial charge on any atom is -0.396 e. The third-order valence-electron chi connectivity index (χ3n) is 3.89. The molecule has 0 spiro atoms. The molecule has 1 aliphatic rings. The van der Waals surface area contributed by atoms with Gasteiger partial charge >= 0.3 is 0 Å². The second-order valence-electron chi connectivity index (χ2n) is 5.37. The average molecular weight is 297 g/mol.